The summed E-state index contributed by atoms with van der Waals surface area (Å²) in [5.41, 5.74) is -0.168. The Labute approximate surface area is 79.3 Å². The zero-order valence-electron chi connectivity index (χ0n) is 6.89. The molecule has 1 aromatic carbocycles. The van der Waals surface area contributed by atoms with Crippen LogP contribution in [0.1, 0.15) is 21.5 Å². The average Bonchev–Trinajstić information content (AvgIpc) is 2.26. The highest BCUT2D eigenvalue weighted by molar-refractivity contribution is 5.92. The highest BCUT2D eigenvalue weighted by Crippen LogP contribution is 2.13. The van der Waals surface area contributed by atoms with Crippen LogP contribution in [0.5, 0.6) is 0 Å². The molecule has 0 fully saturated rings. The second kappa shape index (κ2) is 4.04. The van der Waals surface area contributed by atoms with E-state index in [1.54, 1.807) is 12.1 Å². The molecule has 14 heavy (non-hydrogen) atoms. The van der Waals surface area contributed by atoms with E-state index in [2.05, 4.69) is 4.89 Å². The summed E-state index contributed by atoms with van der Waals surface area (Å²) in [4.78, 5) is 14.4. The van der Waals surface area contributed by atoms with Gasteiger partial charge in [-0.2, -0.15) is 15.8 Å². The lowest BCUT2D eigenvalue weighted by atomic mass is 10.0. The van der Waals surface area contributed by atoms with Crippen LogP contribution >= 0.6 is 0 Å². The van der Waals surface area contributed by atoms with Gasteiger partial charge in [-0.25, -0.2) is 4.79 Å². The number of carbonyl (C=O) groups is 1. The Morgan fingerprint density at radius 1 is 1.36 bits per heavy atom. The molecular weight excluding hydrogens is 184 g/mol. The van der Waals surface area contributed by atoms with Crippen molar-refractivity contribution in [3.8, 4) is 12.1 Å². The van der Waals surface area contributed by atoms with Crippen LogP contribution in [-0.4, -0.2) is 11.2 Å². The summed E-state index contributed by atoms with van der Waals surface area (Å²) in [6.07, 6.45) is 0. The maximum Gasteiger partial charge on any atom is 0.374 e. The Morgan fingerprint density at radius 3 is 2.57 bits per heavy atom. The Balaban J connectivity index is 3.40. The van der Waals surface area contributed by atoms with E-state index >= 15 is 0 Å². The van der Waals surface area contributed by atoms with Gasteiger partial charge in [0.1, 0.15) is 12.1 Å². The van der Waals surface area contributed by atoms with E-state index in [0.717, 1.165) is 0 Å². The normalized spacial score (nSPS) is 8.50. The number of nitrogens with zero attached hydrogens (tertiary/aromatic N) is 2. The topological polar surface area (TPSA) is 94.1 Å². The summed E-state index contributed by atoms with van der Waals surface area (Å²) in [7, 11) is 0. The van der Waals surface area contributed by atoms with Gasteiger partial charge in [0.2, 0.25) is 0 Å². The minimum Gasteiger partial charge on any atom is -0.295 e. The van der Waals surface area contributed by atoms with Crippen molar-refractivity contribution in [2.75, 3.05) is 0 Å². The van der Waals surface area contributed by atoms with Crippen molar-refractivity contribution in [2.45, 2.75) is 0 Å². The quantitative estimate of drug-likeness (QED) is 0.525. The molecule has 68 valence electrons. The number of nitriles is 2. The van der Waals surface area contributed by atoms with Crippen LogP contribution in [-0.2, 0) is 4.89 Å². The van der Waals surface area contributed by atoms with Gasteiger partial charge in [0.25, 0.3) is 0 Å². The monoisotopic (exact) mass is 188 g/mol. The first-order chi connectivity index (χ1) is 6.74. The summed E-state index contributed by atoms with van der Waals surface area (Å²) >= 11 is 0. The van der Waals surface area contributed by atoms with Crippen molar-refractivity contribution < 1.29 is 14.9 Å². The van der Waals surface area contributed by atoms with Crippen LogP contribution in [0.3, 0.4) is 0 Å². The largest absolute Gasteiger partial charge is 0.374 e. The molecule has 5 nitrogen and oxygen atoms in total. The lowest BCUT2D eigenvalue weighted by molar-refractivity contribution is -0.182. The van der Waals surface area contributed by atoms with Crippen molar-refractivity contribution in [2.24, 2.45) is 0 Å². The van der Waals surface area contributed by atoms with E-state index < -0.39 is 5.97 Å². The molecule has 0 heterocycles. The molecule has 0 atom stereocenters. The molecule has 1 aromatic rings. The van der Waals surface area contributed by atoms with E-state index in [9.17, 15) is 4.79 Å². The molecular formula is C9H4N2O3. The van der Waals surface area contributed by atoms with Gasteiger partial charge in [-0.05, 0) is 12.1 Å². The first-order valence-corrected chi connectivity index (χ1v) is 3.53. The first kappa shape index (κ1) is 9.72. The molecule has 1 N–H and O–H groups in total. The Kier molecular flexibility index (Phi) is 2.80. The fourth-order valence-corrected chi connectivity index (χ4v) is 0.985. The third kappa shape index (κ3) is 1.53. The van der Waals surface area contributed by atoms with Crippen molar-refractivity contribution in [3.05, 3.63) is 34.9 Å². The molecule has 0 unspecified atom stereocenters. The molecule has 0 aromatic heterocycles. The minimum absolute atomic E-state index is 0.0652. The van der Waals surface area contributed by atoms with E-state index in [-0.39, 0.29) is 16.7 Å². The molecule has 0 aliphatic rings. The third-order valence-corrected chi connectivity index (χ3v) is 1.60. The van der Waals surface area contributed by atoms with Crippen molar-refractivity contribution >= 4 is 5.97 Å². The summed E-state index contributed by atoms with van der Waals surface area (Å²) in [6, 6.07) is 7.56. The van der Waals surface area contributed by atoms with Gasteiger partial charge in [0, 0.05) is 0 Å². The molecule has 0 radical (unpaired) electrons. The third-order valence-electron chi connectivity index (χ3n) is 1.60. The maximum atomic E-state index is 10.9. The highest BCUT2D eigenvalue weighted by Gasteiger charge is 2.15. The maximum absolute atomic E-state index is 10.9. The van der Waals surface area contributed by atoms with Gasteiger partial charge in [0.15, 0.2) is 0 Å². The Hall–Kier alpha value is -2.37. The molecule has 0 aliphatic carbocycles. The molecule has 0 amide bonds. The number of carbonyl (C=O) groups excluding carboxylic acids is 1. The number of rotatable bonds is 1. The van der Waals surface area contributed by atoms with Crippen molar-refractivity contribution in [1.82, 2.24) is 0 Å². The van der Waals surface area contributed by atoms with Crippen LogP contribution in [0.25, 0.3) is 0 Å². The summed E-state index contributed by atoms with van der Waals surface area (Å²) in [5.74, 6) is -1.06. The Bertz CT molecular complexity index is 454. The first-order valence-electron chi connectivity index (χ1n) is 3.53. The molecule has 0 saturated heterocycles. The van der Waals surface area contributed by atoms with Crippen LogP contribution in [0.4, 0.5) is 0 Å². The van der Waals surface area contributed by atoms with E-state index in [0.29, 0.717) is 0 Å². The summed E-state index contributed by atoms with van der Waals surface area (Å²) in [6.45, 7) is 0. The smallest absolute Gasteiger partial charge is 0.295 e. The average molecular weight is 188 g/mol. The predicted octanol–water partition coefficient (Wildman–Crippen LogP) is 1.06. The van der Waals surface area contributed by atoms with Gasteiger partial charge in [-0.3, -0.25) is 4.89 Å². The van der Waals surface area contributed by atoms with E-state index in [1.165, 1.54) is 18.2 Å². The van der Waals surface area contributed by atoms with E-state index in [4.69, 9.17) is 15.8 Å². The fourth-order valence-electron chi connectivity index (χ4n) is 0.985. The number of hydrogen-bond acceptors (Lipinski definition) is 5. The molecule has 0 saturated carbocycles. The van der Waals surface area contributed by atoms with E-state index in [1.807, 2.05) is 0 Å². The highest BCUT2D eigenvalue weighted by atomic mass is 17.1. The summed E-state index contributed by atoms with van der Waals surface area (Å²) in [5, 5.41) is 25.4. The van der Waals surface area contributed by atoms with Gasteiger partial charge < -0.3 is 0 Å². The van der Waals surface area contributed by atoms with Crippen LogP contribution in [0, 0.1) is 22.7 Å². The van der Waals surface area contributed by atoms with Crippen LogP contribution in [0.2, 0.25) is 0 Å². The minimum atomic E-state index is -1.06. The zero-order chi connectivity index (χ0) is 10.6. The van der Waals surface area contributed by atoms with Gasteiger partial charge in [-0.1, -0.05) is 6.07 Å². The standard InChI is InChI=1S/C9H4N2O3/c10-4-6-2-1-3-7(8(6)5-11)9(12)14-13/h1-3,13H. The second-order valence-corrected chi connectivity index (χ2v) is 2.33. The second-order valence-electron chi connectivity index (χ2n) is 2.33. The van der Waals surface area contributed by atoms with Crippen molar-refractivity contribution in [1.29, 1.82) is 10.5 Å². The van der Waals surface area contributed by atoms with Gasteiger partial charge >= 0.3 is 5.97 Å². The molecule has 5 heteroatoms. The molecule has 0 spiro atoms. The molecule has 0 bridgehead atoms. The van der Waals surface area contributed by atoms with Gasteiger partial charge in [-0.15, -0.1) is 0 Å². The number of hydrogen-bond donors (Lipinski definition) is 1. The predicted molar refractivity (Wildman–Crippen MR) is 43.9 cm³/mol. The SMILES string of the molecule is N#Cc1cccc(C(=O)OO)c1C#N. The lowest BCUT2D eigenvalue weighted by Gasteiger charge is -2.00. The summed E-state index contributed by atoms with van der Waals surface area (Å²) < 4.78 is 0. The van der Waals surface area contributed by atoms with Crippen LogP contribution in [0.15, 0.2) is 18.2 Å². The zero-order valence-corrected chi connectivity index (χ0v) is 6.89. The molecule has 1 rings (SSSR count). The Morgan fingerprint density at radius 2 is 2.07 bits per heavy atom. The number of benzene rings is 1. The van der Waals surface area contributed by atoms with Crippen LogP contribution < -0.4 is 0 Å². The molecule has 0 aliphatic heterocycles. The lowest BCUT2D eigenvalue weighted by Crippen LogP contribution is -2.05. The van der Waals surface area contributed by atoms with Crippen molar-refractivity contribution in [3.63, 3.8) is 0 Å². The fraction of sp³-hybridized carbons (Fsp3) is 0. The van der Waals surface area contributed by atoms with Gasteiger partial charge in [0.05, 0.1) is 16.7 Å².